The third kappa shape index (κ3) is 4.03. The second-order valence-electron chi connectivity index (χ2n) is 6.99. The van der Waals surface area contributed by atoms with E-state index in [0.29, 0.717) is 23.8 Å². The Hall–Kier alpha value is -3.48. The summed E-state index contributed by atoms with van der Waals surface area (Å²) >= 11 is 0. The van der Waals surface area contributed by atoms with Crippen LogP contribution in [-0.4, -0.2) is 39.4 Å². The second kappa shape index (κ2) is 8.26. The standard InChI is InChI=1S/C22H22N4O3/c1-29-19-7-3-2-5-16(19)13-21(28)26-12-4-6-18(26)22-24-17(14-20(27)25-22)15-8-10-23-11-9-15/h2-3,5,7-11,14,18H,4,6,12-13H2,1H3,(H,24,25,27)/t18-/m0/s1. The van der Waals surface area contributed by atoms with Gasteiger partial charge < -0.3 is 14.6 Å². The van der Waals surface area contributed by atoms with Gasteiger partial charge in [0.1, 0.15) is 11.6 Å². The highest BCUT2D eigenvalue weighted by atomic mass is 16.5. The number of methoxy groups -OCH3 is 1. The van der Waals surface area contributed by atoms with Crippen LogP contribution < -0.4 is 10.3 Å². The van der Waals surface area contributed by atoms with Crippen molar-refractivity contribution in [1.29, 1.82) is 0 Å². The number of nitrogens with one attached hydrogen (secondary N) is 1. The van der Waals surface area contributed by atoms with Gasteiger partial charge in [-0.05, 0) is 31.0 Å². The molecule has 3 heterocycles. The number of rotatable bonds is 5. The maximum Gasteiger partial charge on any atom is 0.251 e. The Morgan fingerprint density at radius 1 is 1.24 bits per heavy atom. The lowest BCUT2D eigenvalue weighted by molar-refractivity contribution is -0.131. The SMILES string of the molecule is COc1ccccc1CC(=O)N1CCC[C@H]1c1nc(-c2ccncc2)cc(=O)[nH]1. The van der Waals surface area contributed by atoms with E-state index in [2.05, 4.69) is 15.0 Å². The number of amides is 1. The van der Waals surface area contributed by atoms with Gasteiger partial charge in [-0.1, -0.05) is 18.2 Å². The van der Waals surface area contributed by atoms with Crippen molar-refractivity contribution in [3.63, 3.8) is 0 Å². The zero-order chi connectivity index (χ0) is 20.2. The topological polar surface area (TPSA) is 88.2 Å². The number of aromatic amines is 1. The van der Waals surface area contributed by atoms with Crippen LogP contribution in [0.2, 0.25) is 0 Å². The largest absolute Gasteiger partial charge is 0.496 e. The summed E-state index contributed by atoms with van der Waals surface area (Å²) in [7, 11) is 1.60. The van der Waals surface area contributed by atoms with Crippen LogP contribution >= 0.6 is 0 Å². The molecule has 148 valence electrons. The molecule has 1 N–H and O–H groups in total. The molecule has 0 aliphatic carbocycles. The molecule has 1 aliphatic rings. The summed E-state index contributed by atoms with van der Waals surface area (Å²) in [6, 6.07) is 12.4. The predicted octanol–water partition coefficient (Wildman–Crippen LogP) is 2.75. The number of H-pyrrole nitrogens is 1. The molecule has 7 heteroatoms. The van der Waals surface area contributed by atoms with Gasteiger partial charge in [0, 0.05) is 36.1 Å². The van der Waals surface area contributed by atoms with Gasteiger partial charge in [-0.15, -0.1) is 0 Å². The Bertz CT molecular complexity index is 1060. The van der Waals surface area contributed by atoms with Gasteiger partial charge in [-0.2, -0.15) is 0 Å². The molecular formula is C22H22N4O3. The van der Waals surface area contributed by atoms with Crippen LogP contribution in [0.1, 0.15) is 30.3 Å². The summed E-state index contributed by atoms with van der Waals surface area (Å²) in [5.74, 6) is 1.21. The molecule has 0 radical (unpaired) electrons. The Kier molecular flexibility index (Phi) is 5.37. The van der Waals surface area contributed by atoms with E-state index in [1.807, 2.05) is 36.4 Å². The van der Waals surface area contributed by atoms with Gasteiger partial charge in [0.2, 0.25) is 5.91 Å². The molecule has 1 amide bonds. The van der Waals surface area contributed by atoms with Crippen molar-refractivity contribution < 1.29 is 9.53 Å². The van der Waals surface area contributed by atoms with Crippen molar-refractivity contribution in [3.8, 4) is 17.0 Å². The Morgan fingerprint density at radius 3 is 2.83 bits per heavy atom. The number of para-hydroxylation sites is 1. The lowest BCUT2D eigenvalue weighted by atomic mass is 10.1. The maximum atomic E-state index is 13.0. The number of hydrogen-bond donors (Lipinski definition) is 1. The van der Waals surface area contributed by atoms with Gasteiger partial charge in [0.25, 0.3) is 5.56 Å². The molecule has 1 aliphatic heterocycles. The van der Waals surface area contributed by atoms with E-state index in [4.69, 9.17) is 4.74 Å². The van der Waals surface area contributed by atoms with Crippen LogP contribution in [0.4, 0.5) is 0 Å². The van der Waals surface area contributed by atoms with E-state index in [9.17, 15) is 9.59 Å². The summed E-state index contributed by atoms with van der Waals surface area (Å²) < 4.78 is 5.37. The van der Waals surface area contributed by atoms with E-state index in [-0.39, 0.29) is 23.9 Å². The average molecular weight is 390 g/mol. The smallest absolute Gasteiger partial charge is 0.251 e. The summed E-state index contributed by atoms with van der Waals surface area (Å²) in [6.45, 7) is 0.641. The van der Waals surface area contributed by atoms with Crippen LogP contribution in [0.15, 0.2) is 59.7 Å². The van der Waals surface area contributed by atoms with Crippen molar-refractivity contribution in [3.05, 3.63) is 76.6 Å². The quantitative estimate of drug-likeness (QED) is 0.724. The van der Waals surface area contributed by atoms with E-state index in [1.165, 1.54) is 6.07 Å². The first-order chi connectivity index (χ1) is 14.2. The maximum absolute atomic E-state index is 13.0. The van der Waals surface area contributed by atoms with E-state index in [0.717, 1.165) is 24.0 Å². The number of nitrogens with zero attached hydrogens (tertiary/aromatic N) is 3. The summed E-state index contributed by atoms with van der Waals surface area (Å²) in [5.41, 5.74) is 2.01. The summed E-state index contributed by atoms with van der Waals surface area (Å²) in [5, 5.41) is 0. The monoisotopic (exact) mass is 390 g/mol. The van der Waals surface area contributed by atoms with Crippen molar-refractivity contribution >= 4 is 5.91 Å². The van der Waals surface area contributed by atoms with Crippen molar-refractivity contribution in [2.45, 2.75) is 25.3 Å². The highest BCUT2D eigenvalue weighted by molar-refractivity contribution is 5.80. The fraction of sp³-hybridized carbons (Fsp3) is 0.273. The number of ether oxygens (including phenoxy) is 1. The van der Waals surface area contributed by atoms with Crippen molar-refractivity contribution in [1.82, 2.24) is 19.9 Å². The predicted molar refractivity (Wildman–Crippen MR) is 108 cm³/mol. The number of carbonyl (C=O) groups excluding carboxylic acids is 1. The lowest BCUT2D eigenvalue weighted by Gasteiger charge is -2.24. The van der Waals surface area contributed by atoms with Gasteiger partial charge in [-0.3, -0.25) is 14.6 Å². The van der Waals surface area contributed by atoms with Gasteiger partial charge in [-0.25, -0.2) is 4.98 Å². The fourth-order valence-corrected chi connectivity index (χ4v) is 3.77. The molecule has 4 rings (SSSR count). The van der Waals surface area contributed by atoms with E-state index < -0.39 is 0 Å². The zero-order valence-electron chi connectivity index (χ0n) is 16.2. The van der Waals surface area contributed by atoms with Crippen molar-refractivity contribution in [2.75, 3.05) is 13.7 Å². The summed E-state index contributed by atoms with van der Waals surface area (Å²) in [4.78, 5) is 38.6. The number of hydrogen-bond acceptors (Lipinski definition) is 5. The molecule has 1 atom stereocenters. The minimum atomic E-state index is -0.244. The molecule has 0 spiro atoms. The average Bonchev–Trinajstić information content (AvgIpc) is 3.24. The van der Waals surface area contributed by atoms with Crippen LogP contribution in [0.3, 0.4) is 0 Å². The molecule has 29 heavy (non-hydrogen) atoms. The Balaban J connectivity index is 1.61. The highest BCUT2D eigenvalue weighted by Gasteiger charge is 2.32. The number of pyridine rings is 1. The Morgan fingerprint density at radius 2 is 2.03 bits per heavy atom. The molecule has 0 saturated carbocycles. The van der Waals surface area contributed by atoms with Crippen molar-refractivity contribution in [2.24, 2.45) is 0 Å². The molecule has 1 aromatic carbocycles. The third-order valence-corrected chi connectivity index (χ3v) is 5.16. The first-order valence-electron chi connectivity index (χ1n) is 9.59. The van der Waals surface area contributed by atoms with Gasteiger partial charge >= 0.3 is 0 Å². The minimum Gasteiger partial charge on any atom is -0.496 e. The van der Waals surface area contributed by atoms with Crippen LogP contribution in [0.25, 0.3) is 11.3 Å². The van der Waals surface area contributed by atoms with E-state index in [1.54, 1.807) is 24.4 Å². The second-order valence-corrected chi connectivity index (χ2v) is 6.99. The lowest BCUT2D eigenvalue weighted by Crippen LogP contribution is -2.33. The molecule has 1 saturated heterocycles. The first-order valence-corrected chi connectivity index (χ1v) is 9.59. The summed E-state index contributed by atoms with van der Waals surface area (Å²) in [6.07, 6.45) is 5.20. The van der Waals surface area contributed by atoms with E-state index >= 15 is 0 Å². The molecule has 1 fully saturated rings. The first kappa shape index (κ1) is 18.9. The molecule has 0 unspecified atom stereocenters. The number of benzene rings is 1. The zero-order valence-corrected chi connectivity index (χ0v) is 16.2. The molecule has 7 nitrogen and oxygen atoms in total. The van der Waals surface area contributed by atoms with Gasteiger partial charge in [0.15, 0.2) is 0 Å². The number of aromatic nitrogens is 3. The van der Waals surface area contributed by atoms with Gasteiger partial charge in [0.05, 0.1) is 25.3 Å². The molecular weight excluding hydrogens is 368 g/mol. The third-order valence-electron chi connectivity index (χ3n) is 5.16. The molecule has 2 aromatic heterocycles. The van der Waals surface area contributed by atoms with Crippen LogP contribution in [0.5, 0.6) is 5.75 Å². The fourth-order valence-electron chi connectivity index (χ4n) is 3.77. The Labute approximate surface area is 168 Å². The number of carbonyl (C=O) groups is 1. The minimum absolute atomic E-state index is 0.00559. The van der Waals surface area contributed by atoms with Crippen LogP contribution in [-0.2, 0) is 11.2 Å². The number of likely N-dealkylation sites (tertiary alicyclic amines) is 1. The normalized spacial score (nSPS) is 16.0. The molecule has 3 aromatic rings. The van der Waals surface area contributed by atoms with Crippen LogP contribution in [0, 0.1) is 0 Å². The molecule has 0 bridgehead atoms. The highest BCUT2D eigenvalue weighted by Crippen LogP contribution is 2.31.